The zero-order chi connectivity index (χ0) is 19.5. The first kappa shape index (κ1) is 18.1. The van der Waals surface area contributed by atoms with Gasteiger partial charge in [-0.2, -0.15) is 0 Å². The standard InChI is InChI=1S/C22H21N3O3/c1-14-9-10-18(17-7-3-11-23-20(14)17)25-21(26)15-5-2-6-16(13-15)24-22(27)19-8-4-12-28-19/h2-3,5-7,9-11,13,19H,4,8,12H2,1H3,(H,24,27)(H,25,26)/t19-/m1/s1. The molecule has 2 amide bonds. The van der Waals surface area contributed by atoms with Gasteiger partial charge in [0, 0.05) is 29.4 Å². The molecule has 2 N–H and O–H groups in total. The van der Waals surface area contributed by atoms with E-state index in [1.54, 1.807) is 30.5 Å². The van der Waals surface area contributed by atoms with Crippen LogP contribution in [0.4, 0.5) is 11.4 Å². The summed E-state index contributed by atoms with van der Waals surface area (Å²) < 4.78 is 5.40. The van der Waals surface area contributed by atoms with E-state index < -0.39 is 6.10 Å². The van der Waals surface area contributed by atoms with Crippen molar-refractivity contribution in [3.05, 3.63) is 65.9 Å². The van der Waals surface area contributed by atoms with E-state index in [9.17, 15) is 9.59 Å². The monoisotopic (exact) mass is 375 g/mol. The van der Waals surface area contributed by atoms with Crippen molar-refractivity contribution in [1.82, 2.24) is 4.98 Å². The SMILES string of the molecule is Cc1ccc(NC(=O)c2cccc(NC(=O)[C@H]3CCCO3)c2)c2cccnc12. The molecule has 1 aliphatic heterocycles. The number of anilines is 2. The molecule has 0 saturated carbocycles. The Labute approximate surface area is 162 Å². The zero-order valence-corrected chi connectivity index (χ0v) is 15.6. The molecule has 0 unspecified atom stereocenters. The van der Waals surface area contributed by atoms with E-state index >= 15 is 0 Å². The fourth-order valence-corrected chi connectivity index (χ4v) is 3.36. The summed E-state index contributed by atoms with van der Waals surface area (Å²) in [6.07, 6.45) is 2.94. The van der Waals surface area contributed by atoms with Crippen LogP contribution in [0.5, 0.6) is 0 Å². The molecule has 3 aromatic rings. The van der Waals surface area contributed by atoms with Crippen molar-refractivity contribution < 1.29 is 14.3 Å². The van der Waals surface area contributed by atoms with Crippen molar-refractivity contribution in [2.24, 2.45) is 0 Å². The van der Waals surface area contributed by atoms with Crippen molar-refractivity contribution in [1.29, 1.82) is 0 Å². The van der Waals surface area contributed by atoms with Crippen molar-refractivity contribution in [3.8, 4) is 0 Å². The van der Waals surface area contributed by atoms with Gasteiger partial charge in [-0.15, -0.1) is 0 Å². The van der Waals surface area contributed by atoms with Crippen LogP contribution in [0, 0.1) is 6.92 Å². The van der Waals surface area contributed by atoms with E-state index in [4.69, 9.17) is 4.74 Å². The second-order valence-corrected chi connectivity index (χ2v) is 6.86. The molecule has 0 spiro atoms. The van der Waals surface area contributed by atoms with Gasteiger partial charge >= 0.3 is 0 Å². The molecule has 2 heterocycles. The maximum atomic E-state index is 12.8. The van der Waals surface area contributed by atoms with Gasteiger partial charge in [0.15, 0.2) is 0 Å². The van der Waals surface area contributed by atoms with Crippen molar-refractivity contribution in [3.63, 3.8) is 0 Å². The lowest BCUT2D eigenvalue weighted by Crippen LogP contribution is -2.27. The molecule has 2 aromatic carbocycles. The first-order chi connectivity index (χ1) is 13.6. The molecule has 142 valence electrons. The number of hydrogen-bond acceptors (Lipinski definition) is 4. The molecule has 0 radical (unpaired) electrons. The van der Waals surface area contributed by atoms with E-state index in [-0.39, 0.29) is 11.8 Å². The molecule has 1 atom stereocenters. The van der Waals surface area contributed by atoms with Crippen LogP contribution in [0.15, 0.2) is 54.7 Å². The number of pyridine rings is 1. The largest absolute Gasteiger partial charge is 0.368 e. The van der Waals surface area contributed by atoms with Gasteiger partial charge < -0.3 is 15.4 Å². The van der Waals surface area contributed by atoms with Gasteiger partial charge in [0.05, 0.1) is 11.2 Å². The van der Waals surface area contributed by atoms with Crippen LogP contribution in [0.1, 0.15) is 28.8 Å². The van der Waals surface area contributed by atoms with Crippen LogP contribution in [-0.4, -0.2) is 29.5 Å². The number of carbonyl (C=O) groups is 2. The van der Waals surface area contributed by atoms with E-state index in [1.807, 2.05) is 31.2 Å². The van der Waals surface area contributed by atoms with Gasteiger partial charge in [0.2, 0.25) is 0 Å². The van der Waals surface area contributed by atoms with E-state index in [2.05, 4.69) is 15.6 Å². The molecule has 0 bridgehead atoms. The second kappa shape index (κ2) is 7.78. The predicted octanol–water partition coefficient (Wildman–Crippen LogP) is 3.91. The highest BCUT2D eigenvalue weighted by Gasteiger charge is 2.23. The van der Waals surface area contributed by atoms with Crippen LogP contribution < -0.4 is 10.6 Å². The zero-order valence-electron chi connectivity index (χ0n) is 15.6. The van der Waals surface area contributed by atoms with Crippen LogP contribution >= 0.6 is 0 Å². The van der Waals surface area contributed by atoms with Gasteiger partial charge in [-0.1, -0.05) is 12.1 Å². The Kier molecular flexibility index (Phi) is 5.04. The van der Waals surface area contributed by atoms with Crippen molar-refractivity contribution in [2.75, 3.05) is 17.2 Å². The lowest BCUT2D eigenvalue weighted by molar-refractivity contribution is -0.124. The molecule has 1 aromatic heterocycles. The van der Waals surface area contributed by atoms with E-state index in [0.717, 1.165) is 29.3 Å². The maximum absolute atomic E-state index is 12.8. The third kappa shape index (κ3) is 3.73. The van der Waals surface area contributed by atoms with Gasteiger partial charge in [0.25, 0.3) is 11.8 Å². The summed E-state index contributed by atoms with van der Waals surface area (Å²) in [4.78, 5) is 29.4. The highest BCUT2D eigenvalue weighted by molar-refractivity contribution is 6.09. The summed E-state index contributed by atoms with van der Waals surface area (Å²) >= 11 is 0. The van der Waals surface area contributed by atoms with E-state index in [1.165, 1.54) is 0 Å². The minimum Gasteiger partial charge on any atom is -0.368 e. The molecular formula is C22H21N3O3. The Hall–Kier alpha value is -3.25. The minimum atomic E-state index is -0.413. The molecule has 6 heteroatoms. The third-order valence-corrected chi connectivity index (χ3v) is 4.83. The number of amides is 2. The fraction of sp³-hybridized carbons (Fsp3) is 0.227. The average Bonchev–Trinajstić information content (AvgIpc) is 3.25. The summed E-state index contributed by atoms with van der Waals surface area (Å²) in [5.41, 5.74) is 3.64. The minimum absolute atomic E-state index is 0.175. The molecular weight excluding hydrogens is 354 g/mol. The molecule has 0 aliphatic carbocycles. The Balaban J connectivity index is 1.53. The van der Waals surface area contributed by atoms with Gasteiger partial charge in [-0.3, -0.25) is 14.6 Å². The third-order valence-electron chi connectivity index (χ3n) is 4.83. The number of rotatable bonds is 4. The number of nitrogens with one attached hydrogen (secondary N) is 2. The topological polar surface area (TPSA) is 80.3 Å². The number of aromatic nitrogens is 1. The van der Waals surface area contributed by atoms with Crippen LogP contribution in [0.3, 0.4) is 0 Å². The Morgan fingerprint density at radius 3 is 2.82 bits per heavy atom. The number of hydrogen-bond donors (Lipinski definition) is 2. The Morgan fingerprint density at radius 1 is 1.11 bits per heavy atom. The number of carbonyl (C=O) groups excluding carboxylic acids is 2. The summed E-state index contributed by atoms with van der Waals surface area (Å²) in [6.45, 7) is 2.60. The molecule has 4 rings (SSSR count). The highest BCUT2D eigenvalue weighted by atomic mass is 16.5. The van der Waals surface area contributed by atoms with Gasteiger partial charge in [0.1, 0.15) is 6.10 Å². The summed E-state index contributed by atoms with van der Waals surface area (Å²) in [7, 11) is 0. The average molecular weight is 375 g/mol. The lowest BCUT2D eigenvalue weighted by Gasteiger charge is -2.12. The van der Waals surface area contributed by atoms with Crippen molar-refractivity contribution in [2.45, 2.75) is 25.9 Å². The van der Waals surface area contributed by atoms with Crippen LogP contribution in [-0.2, 0) is 9.53 Å². The quantitative estimate of drug-likeness (QED) is 0.724. The molecule has 1 fully saturated rings. The molecule has 28 heavy (non-hydrogen) atoms. The summed E-state index contributed by atoms with van der Waals surface area (Å²) in [5.74, 6) is -0.423. The van der Waals surface area contributed by atoms with Crippen LogP contribution in [0.25, 0.3) is 10.9 Å². The molecule has 1 aliphatic rings. The number of fused-ring (bicyclic) bond motifs is 1. The van der Waals surface area contributed by atoms with Gasteiger partial charge in [-0.05, 0) is 61.7 Å². The fourth-order valence-electron chi connectivity index (χ4n) is 3.36. The summed E-state index contributed by atoms with van der Waals surface area (Å²) in [6, 6.07) is 14.5. The predicted molar refractivity (Wildman–Crippen MR) is 108 cm³/mol. The number of ether oxygens (including phenoxy) is 1. The Morgan fingerprint density at radius 2 is 2.00 bits per heavy atom. The van der Waals surface area contributed by atoms with Gasteiger partial charge in [-0.25, -0.2) is 0 Å². The smallest absolute Gasteiger partial charge is 0.255 e. The van der Waals surface area contributed by atoms with E-state index in [0.29, 0.717) is 23.5 Å². The second-order valence-electron chi connectivity index (χ2n) is 6.86. The Bertz CT molecular complexity index is 1040. The van der Waals surface area contributed by atoms with Crippen LogP contribution in [0.2, 0.25) is 0 Å². The first-order valence-corrected chi connectivity index (χ1v) is 9.30. The molecule has 6 nitrogen and oxygen atoms in total. The first-order valence-electron chi connectivity index (χ1n) is 9.30. The maximum Gasteiger partial charge on any atom is 0.255 e. The number of benzene rings is 2. The van der Waals surface area contributed by atoms with Crippen molar-refractivity contribution >= 4 is 34.1 Å². The lowest BCUT2D eigenvalue weighted by atomic mass is 10.1. The molecule has 1 saturated heterocycles. The number of nitrogens with zero attached hydrogens (tertiary/aromatic N) is 1. The number of aryl methyl sites for hydroxylation is 1. The normalized spacial score (nSPS) is 16.1. The highest BCUT2D eigenvalue weighted by Crippen LogP contribution is 2.25. The summed E-state index contributed by atoms with van der Waals surface area (Å²) in [5, 5.41) is 6.66.